The fourth-order valence-corrected chi connectivity index (χ4v) is 4.28. The van der Waals surface area contributed by atoms with E-state index in [1.165, 1.54) is 10.5 Å². The summed E-state index contributed by atoms with van der Waals surface area (Å²) in [6.45, 7) is 3.17. The molecule has 1 atom stereocenters. The van der Waals surface area contributed by atoms with Crippen molar-refractivity contribution in [1.29, 1.82) is 0 Å². The number of carboxylic acid groups (broad SMARTS) is 1. The molecule has 1 aliphatic rings. The third-order valence-corrected chi connectivity index (χ3v) is 5.62. The fraction of sp³-hybridized carbons (Fsp3) is 0.286. The second kappa shape index (κ2) is 6.37. The maximum absolute atomic E-state index is 11.5. The Morgan fingerprint density at radius 1 is 1.29 bits per heavy atom. The number of likely N-dealkylation sites (tertiary alicyclic amines) is 1. The number of aromatic nitrogens is 4. The second-order valence-corrected chi connectivity index (χ2v) is 7.47. The minimum Gasteiger partial charge on any atom is -0.465 e. The Morgan fingerprint density at radius 2 is 2.18 bits per heavy atom. The first-order chi connectivity index (χ1) is 13.6. The molecule has 0 bridgehead atoms. The predicted molar refractivity (Wildman–Crippen MR) is 107 cm³/mol. The summed E-state index contributed by atoms with van der Waals surface area (Å²) in [6.07, 6.45) is 6.58. The highest BCUT2D eigenvalue weighted by Gasteiger charge is 2.27. The van der Waals surface area contributed by atoms with E-state index in [0.29, 0.717) is 13.1 Å². The molecule has 0 unspecified atom stereocenters. The topological polar surface area (TPSA) is 86.5 Å². The van der Waals surface area contributed by atoms with Crippen molar-refractivity contribution in [2.24, 2.45) is 0 Å². The number of carbonyl (C=O) groups is 1. The molecule has 0 radical (unpaired) electrons. The summed E-state index contributed by atoms with van der Waals surface area (Å²) in [5.74, 6) is 0.116. The van der Waals surface area contributed by atoms with Gasteiger partial charge in [0.2, 0.25) is 0 Å². The molecule has 7 nitrogen and oxygen atoms in total. The maximum Gasteiger partial charge on any atom is 0.407 e. The minimum absolute atomic E-state index is 0.116. The molecule has 28 heavy (non-hydrogen) atoms. The molecule has 1 aliphatic heterocycles. The van der Waals surface area contributed by atoms with Crippen LogP contribution in [0.15, 0.2) is 42.9 Å². The van der Waals surface area contributed by atoms with Gasteiger partial charge in [0, 0.05) is 42.7 Å². The summed E-state index contributed by atoms with van der Waals surface area (Å²) in [6, 6.07) is 8.39. The van der Waals surface area contributed by atoms with Crippen molar-refractivity contribution >= 4 is 22.9 Å². The summed E-state index contributed by atoms with van der Waals surface area (Å²) in [5.41, 5.74) is 7.00. The summed E-state index contributed by atoms with van der Waals surface area (Å²) < 4.78 is 2.15. The van der Waals surface area contributed by atoms with E-state index in [-0.39, 0.29) is 5.92 Å². The average molecular weight is 375 g/mol. The lowest BCUT2D eigenvalue weighted by Crippen LogP contribution is -2.38. The van der Waals surface area contributed by atoms with Gasteiger partial charge in [0.05, 0.1) is 11.7 Å². The van der Waals surface area contributed by atoms with E-state index in [2.05, 4.69) is 50.5 Å². The number of piperidine rings is 1. The number of fused-ring (bicyclic) bond motifs is 3. The number of H-pyrrole nitrogens is 1. The molecular formula is C21H21N5O2. The minimum atomic E-state index is -0.854. The molecule has 142 valence electrons. The Labute approximate surface area is 161 Å². The van der Waals surface area contributed by atoms with Crippen LogP contribution in [0.4, 0.5) is 4.79 Å². The first-order valence-electron chi connectivity index (χ1n) is 9.50. The normalized spacial score (nSPS) is 17.5. The zero-order chi connectivity index (χ0) is 19.3. The van der Waals surface area contributed by atoms with E-state index in [1.807, 2.05) is 12.4 Å². The van der Waals surface area contributed by atoms with Gasteiger partial charge in [-0.25, -0.2) is 14.8 Å². The molecule has 0 saturated carbocycles. The van der Waals surface area contributed by atoms with Gasteiger partial charge in [-0.2, -0.15) is 0 Å². The van der Waals surface area contributed by atoms with Crippen LogP contribution >= 0.6 is 0 Å². The van der Waals surface area contributed by atoms with Crippen molar-refractivity contribution in [2.45, 2.75) is 25.7 Å². The van der Waals surface area contributed by atoms with Crippen molar-refractivity contribution in [2.75, 3.05) is 13.1 Å². The van der Waals surface area contributed by atoms with Crippen molar-refractivity contribution in [3.05, 3.63) is 54.1 Å². The molecule has 1 amide bonds. The van der Waals surface area contributed by atoms with Gasteiger partial charge in [-0.05, 0) is 25.3 Å². The standard InChI is InChI=1S/C21H21N5O2/c1-13-4-2-5-14(8-13)16-9-23-20-19(16)26-17(10-22-18(26)11-24-20)15-6-3-7-25(12-15)21(27)28/h2,4-5,8-11,15,23H,3,6-7,12H2,1H3,(H,27,28)/t15-/m1/s1. The first-order valence-corrected chi connectivity index (χ1v) is 9.50. The molecule has 7 heteroatoms. The Balaban J connectivity index is 1.71. The highest BCUT2D eigenvalue weighted by Crippen LogP contribution is 2.33. The van der Waals surface area contributed by atoms with Gasteiger partial charge in [0.1, 0.15) is 0 Å². The molecule has 0 spiro atoms. The lowest BCUT2D eigenvalue weighted by Gasteiger charge is -2.30. The molecule has 0 aliphatic carbocycles. The zero-order valence-electron chi connectivity index (χ0n) is 15.6. The molecule has 1 saturated heterocycles. The zero-order valence-corrected chi connectivity index (χ0v) is 15.6. The van der Waals surface area contributed by atoms with Crippen LogP contribution in [-0.4, -0.2) is 48.5 Å². The van der Waals surface area contributed by atoms with Gasteiger partial charge in [-0.15, -0.1) is 0 Å². The van der Waals surface area contributed by atoms with E-state index < -0.39 is 6.09 Å². The van der Waals surface area contributed by atoms with Crippen molar-refractivity contribution in [1.82, 2.24) is 24.3 Å². The van der Waals surface area contributed by atoms with E-state index >= 15 is 0 Å². The number of rotatable bonds is 2. The first kappa shape index (κ1) is 16.8. The van der Waals surface area contributed by atoms with Crippen LogP contribution in [-0.2, 0) is 0 Å². The number of nitrogens with one attached hydrogen (secondary N) is 1. The Morgan fingerprint density at radius 3 is 3.00 bits per heavy atom. The third-order valence-electron chi connectivity index (χ3n) is 5.62. The van der Waals surface area contributed by atoms with Crippen LogP contribution in [0, 0.1) is 6.92 Å². The van der Waals surface area contributed by atoms with E-state index in [4.69, 9.17) is 0 Å². The van der Waals surface area contributed by atoms with Crippen molar-refractivity contribution < 1.29 is 9.90 Å². The van der Waals surface area contributed by atoms with E-state index in [0.717, 1.165) is 46.5 Å². The van der Waals surface area contributed by atoms with E-state index in [1.54, 1.807) is 6.20 Å². The Kier molecular flexibility index (Phi) is 3.82. The molecule has 5 rings (SSSR count). The summed E-state index contributed by atoms with van der Waals surface area (Å²) in [7, 11) is 0. The van der Waals surface area contributed by atoms with E-state index in [9.17, 15) is 9.90 Å². The van der Waals surface area contributed by atoms with Gasteiger partial charge < -0.3 is 15.0 Å². The predicted octanol–water partition coefficient (Wildman–Crippen LogP) is 4.04. The van der Waals surface area contributed by atoms with Crippen LogP contribution in [0.25, 0.3) is 27.9 Å². The molecule has 4 aromatic rings. The maximum atomic E-state index is 11.5. The molecule has 1 fully saturated rings. The summed E-state index contributed by atoms with van der Waals surface area (Å²) >= 11 is 0. The van der Waals surface area contributed by atoms with Gasteiger partial charge in [-0.1, -0.05) is 29.8 Å². The van der Waals surface area contributed by atoms with Gasteiger partial charge in [0.25, 0.3) is 0 Å². The Hall–Kier alpha value is -3.35. The number of amides is 1. The summed E-state index contributed by atoms with van der Waals surface area (Å²) in [4.78, 5) is 25.4. The van der Waals surface area contributed by atoms with Crippen molar-refractivity contribution in [3.8, 4) is 11.1 Å². The number of benzene rings is 1. The quantitative estimate of drug-likeness (QED) is 0.553. The average Bonchev–Trinajstić information content (AvgIpc) is 3.32. The van der Waals surface area contributed by atoms with Gasteiger partial charge in [0.15, 0.2) is 11.3 Å². The number of aryl methyl sites for hydroxylation is 1. The van der Waals surface area contributed by atoms with Gasteiger partial charge in [-0.3, -0.25) is 4.40 Å². The Bertz CT molecular complexity index is 1190. The smallest absolute Gasteiger partial charge is 0.407 e. The lowest BCUT2D eigenvalue weighted by atomic mass is 9.95. The largest absolute Gasteiger partial charge is 0.465 e. The van der Waals surface area contributed by atoms with Crippen LogP contribution in [0.1, 0.15) is 30.0 Å². The monoisotopic (exact) mass is 375 g/mol. The SMILES string of the molecule is Cc1cccc(-c2c[nH]c3ncc4ncc([C@@H]5CCCN(C(=O)O)C5)n4c23)c1. The van der Waals surface area contributed by atoms with Crippen LogP contribution < -0.4 is 0 Å². The molecular weight excluding hydrogens is 354 g/mol. The number of aromatic amines is 1. The van der Waals surface area contributed by atoms with Crippen LogP contribution in [0.3, 0.4) is 0 Å². The number of nitrogens with zero attached hydrogens (tertiary/aromatic N) is 4. The summed E-state index contributed by atoms with van der Waals surface area (Å²) in [5, 5.41) is 9.41. The number of imidazole rings is 1. The fourth-order valence-electron chi connectivity index (χ4n) is 4.28. The highest BCUT2D eigenvalue weighted by molar-refractivity contribution is 5.92. The highest BCUT2D eigenvalue weighted by atomic mass is 16.4. The lowest BCUT2D eigenvalue weighted by molar-refractivity contribution is 0.130. The number of hydrogen-bond acceptors (Lipinski definition) is 3. The van der Waals surface area contributed by atoms with Crippen LogP contribution in [0.5, 0.6) is 0 Å². The number of hydrogen-bond donors (Lipinski definition) is 2. The van der Waals surface area contributed by atoms with Crippen molar-refractivity contribution in [3.63, 3.8) is 0 Å². The molecule has 2 N–H and O–H groups in total. The molecule has 3 aromatic heterocycles. The third kappa shape index (κ3) is 2.62. The molecule has 1 aromatic carbocycles. The van der Waals surface area contributed by atoms with Gasteiger partial charge >= 0.3 is 6.09 Å². The van der Waals surface area contributed by atoms with Crippen LogP contribution in [0.2, 0.25) is 0 Å². The molecule has 4 heterocycles. The second-order valence-electron chi connectivity index (χ2n) is 7.47.